The van der Waals surface area contributed by atoms with E-state index < -0.39 is 11.7 Å². The molecule has 1 aliphatic carbocycles. The first kappa shape index (κ1) is 16.4. The first-order valence-corrected chi connectivity index (χ1v) is 7.09. The predicted octanol–water partition coefficient (Wildman–Crippen LogP) is 3.22. The monoisotopic (exact) mass is 311 g/mol. The smallest absolute Gasteiger partial charge is 0.370 e. The highest BCUT2D eigenvalue weighted by Gasteiger charge is 2.45. The molecule has 120 valence electrons. The van der Waals surface area contributed by atoms with E-state index in [1.165, 1.54) is 12.1 Å². The molecule has 1 aromatic carbocycles. The van der Waals surface area contributed by atoms with Gasteiger partial charge in [-0.05, 0) is 31.4 Å². The summed E-state index contributed by atoms with van der Waals surface area (Å²) in [6.45, 7) is 6.54. The number of nitrogens with one attached hydrogen (secondary N) is 1. The Balaban J connectivity index is 2.08. The maximum absolute atomic E-state index is 12.8. The SMILES string of the molecule is C=C(C)CNC(N)=NCC1(c2cccc(C(F)(F)F)c2)CC1. The molecule has 0 spiro atoms. The van der Waals surface area contributed by atoms with E-state index in [0.717, 1.165) is 24.5 Å². The molecule has 6 heteroatoms. The molecule has 0 amide bonds. The number of rotatable bonds is 5. The zero-order valence-electron chi connectivity index (χ0n) is 12.5. The van der Waals surface area contributed by atoms with Crippen molar-refractivity contribution < 1.29 is 13.2 Å². The van der Waals surface area contributed by atoms with Gasteiger partial charge in [-0.25, -0.2) is 0 Å². The van der Waals surface area contributed by atoms with E-state index in [4.69, 9.17) is 5.73 Å². The summed E-state index contributed by atoms with van der Waals surface area (Å²) in [5, 5.41) is 2.92. The van der Waals surface area contributed by atoms with Gasteiger partial charge >= 0.3 is 6.18 Å². The van der Waals surface area contributed by atoms with Gasteiger partial charge < -0.3 is 11.1 Å². The van der Waals surface area contributed by atoms with Gasteiger partial charge in [-0.1, -0.05) is 30.4 Å². The minimum absolute atomic E-state index is 0.293. The summed E-state index contributed by atoms with van der Waals surface area (Å²) in [6, 6.07) is 5.49. The van der Waals surface area contributed by atoms with Gasteiger partial charge in [0.15, 0.2) is 5.96 Å². The van der Waals surface area contributed by atoms with Crippen molar-refractivity contribution in [1.82, 2.24) is 5.32 Å². The lowest BCUT2D eigenvalue weighted by Crippen LogP contribution is -2.33. The van der Waals surface area contributed by atoms with Gasteiger partial charge in [0.1, 0.15) is 0 Å². The summed E-state index contributed by atoms with van der Waals surface area (Å²) in [5.74, 6) is 0.293. The van der Waals surface area contributed by atoms with Crippen molar-refractivity contribution in [2.45, 2.75) is 31.4 Å². The van der Waals surface area contributed by atoms with Gasteiger partial charge in [-0.15, -0.1) is 0 Å². The van der Waals surface area contributed by atoms with Crippen molar-refractivity contribution in [3.63, 3.8) is 0 Å². The maximum atomic E-state index is 12.8. The summed E-state index contributed by atoms with van der Waals surface area (Å²) < 4.78 is 38.4. The second-order valence-corrected chi connectivity index (χ2v) is 5.87. The second-order valence-electron chi connectivity index (χ2n) is 5.87. The predicted molar refractivity (Wildman–Crippen MR) is 81.7 cm³/mol. The first-order valence-electron chi connectivity index (χ1n) is 7.09. The lowest BCUT2D eigenvalue weighted by atomic mass is 9.94. The molecule has 0 saturated heterocycles. The zero-order chi connectivity index (χ0) is 16.4. The van der Waals surface area contributed by atoms with Crippen LogP contribution in [-0.4, -0.2) is 19.0 Å². The van der Waals surface area contributed by atoms with Crippen LogP contribution in [0.1, 0.15) is 30.9 Å². The standard InChI is InChI=1S/C16H20F3N3/c1-11(2)9-21-14(20)22-10-15(6-7-15)12-4-3-5-13(8-12)16(17,18)19/h3-5,8H,1,6-7,9-10H2,2H3,(H3,20,21,22). The highest BCUT2D eigenvalue weighted by molar-refractivity contribution is 5.78. The molecule has 0 atom stereocenters. The number of halogens is 3. The lowest BCUT2D eigenvalue weighted by Gasteiger charge is -2.16. The molecular formula is C16H20F3N3. The van der Waals surface area contributed by atoms with Crippen molar-refractivity contribution in [2.24, 2.45) is 10.7 Å². The quantitative estimate of drug-likeness (QED) is 0.498. The number of aliphatic imine (C=N–C) groups is 1. The molecule has 3 nitrogen and oxygen atoms in total. The maximum Gasteiger partial charge on any atom is 0.416 e. The lowest BCUT2D eigenvalue weighted by molar-refractivity contribution is -0.137. The molecule has 1 aliphatic rings. The number of hydrogen-bond acceptors (Lipinski definition) is 1. The first-order chi connectivity index (χ1) is 10.2. The average molecular weight is 311 g/mol. The van der Waals surface area contributed by atoms with E-state index >= 15 is 0 Å². The molecule has 0 radical (unpaired) electrons. The van der Waals surface area contributed by atoms with Crippen LogP contribution in [0.5, 0.6) is 0 Å². The Morgan fingerprint density at radius 3 is 2.64 bits per heavy atom. The number of alkyl halides is 3. The van der Waals surface area contributed by atoms with Crippen LogP contribution >= 0.6 is 0 Å². The fourth-order valence-corrected chi connectivity index (χ4v) is 2.25. The molecule has 1 fully saturated rings. The summed E-state index contributed by atoms with van der Waals surface area (Å²) in [4.78, 5) is 4.26. The minimum atomic E-state index is -4.32. The Bertz CT molecular complexity index is 587. The third-order valence-electron chi connectivity index (χ3n) is 3.78. The Labute approximate surface area is 128 Å². The number of hydrogen-bond donors (Lipinski definition) is 2. The van der Waals surface area contributed by atoms with Crippen molar-refractivity contribution in [2.75, 3.05) is 13.1 Å². The van der Waals surface area contributed by atoms with Crippen LogP contribution in [-0.2, 0) is 11.6 Å². The molecule has 1 aromatic rings. The topological polar surface area (TPSA) is 50.4 Å². The molecule has 1 saturated carbocycles. The van der Waals surface area contributed by atoms with Gasteiger partial charge in [0, 0.05) is 12.0 Å². The summed E-state index contributed by atoms with van der Waals surface area (Å²) in [7, 11) is 0. The summed E-state index contributed by atoms with van der Waals surface area (Å²) >= 11 is 0. The Hall–Kier alpha value is -1.98. The fourth-order valence-electron chi connectivity index (χ4n) is 2.25. The number of nitrogens with zero attached hydrogens (tertiary/aromatic N) is 1. The highest BCUT2D eigenvalue weighted by Crippen LogP contribution is 2.49. The van der Waals surface area contributed by atoms with Gasteiger partial charge in [0.2, 0.25) is 0 Å². The number of benzene rings is 1. The largest absolute Gasteiger partial charge is 0.416 e. The molecular weight excluding hydrogens is 291 g/mol. The van der Waals surface area contributed by atoms with Crippen LogP contribution < -0.4 is 11.1 Å². The van der Waals surface area contributed by atoms with Gasteiger partial charge in [0.25, 0.3) is 0 Å². The van der Waals surface area contributed by atoms with Crippen LogP contribution in [0.25, 0.3) is 0 Å². The average Bonchev–Trinajstić information content (AvgIpc) is 3.23. The van der Waals surface area contributed by atoms with Crippen LogP contribution in [0.2, 0.25) is 0 Å². The Morgan fingerprint density at radius 1 is 1.41 bits per heavy atom. The molecule has 0 bridgehead atoms. The summed E-state index contributed by atoms with van der Waals surface area (Å²) in [5.41, 5.74) is 6.43. The fraction of sp³-hybridized carbons (Fsp3) is 0.438. The normalized spacial score (nSPS) is 17.2. The molecule has 0 aliphatic heterocycles. The van der Waals surface area contributed by atoms with Crippen molar-refractivity contribution in [1.29, 1.82) is 0 Å². The third kappa shape index (κ3) is 4.02. The molecule has 3 N–H and O–H groups in total. The zero-order valence-corrected chi connectivity index (χ0v) is 12.5. The van der Waals surface area contributed by atoms with E-state index in [1.54, 1.807) is 6.07 Å². The summed E-state index contributed by atoms with van der Waals surface area (Å²) in [6.07, 6.45) is -2.67. The number of guanidine groups is 1. The Morgan fingerprint density at radius 2 is 2.09 bits per heavy atom. The van der Waals surface area contributed by atoms with Crippen molar-refractivity contribution in [3.8, 4) is 0 Å². The van der Waals surface area contributed by atoms with Gasteiger partial charge in [-0.2, -0.15) is 13.2 Å². The molecule has 0 unspecified atom stereocenters. The Kier molecular flexibility index (Phi) is 4.49. The van der Waals surface area contributed by atoms with E-state index in [0.29, 0.717) is 24.6 Å². The number of nitrogens with two attached hydrogens (primary N) is 1. The minimum Gasteiger partial charge on any atom is -0.370 e. The molecule has 0 aromatic heterocycles. The molecule has 22 heavy (non-hydrogen) atoms. The highest BCUT2D eigenvalue weighted by atomic mass is 19.4. The van der Waals surface area contributed by atoms with E-state index in [-0.39, 0.29) is 5.41 Å². The van der Waals surface area contributed by atoms with E-state index in [2.05, 4.69) is 16.9 Å². The molecule has 0 heterocycles. The van der Waals surface area contributed by atoms with Crippen LogP contribution in [0.4, 0.5) is 13.2 Å². The van der Waals surface area contributed by atoms with Crippen molar-refractivity contribution in [3.05, 3.63) is 47.5 Å². The molecule has 2 rings (SSSR count). The van der Waals surface area contributed by atoms with Gasteiger partial charge in [-0.3, -0.25) is 4.99 Å². The van der Waals surface area contributed by atoms with E-state index in [1.807, 2.05) is 6.92 Å². The van der Waals surface area contributed by atoms with Crippen molar-refractivity contribution >= 4 is 5.96 Å². The van der Waals surface area contributed by atoms with Crippen LogP contribution in [0, 0.1) is 0 Å². The van der Waals surface area contributed by atoms with Crippen LogP contribution in [0.15, 0.2) is 41.4 Å². The van der Waals surface area contributed by atoms with Gasteiger partial charge in [0.05, 0.1) is 12.1 Å². The second kappa shape index (κ2) is 6.02. The van der Waals surface area contributed by atoms with E-state index in [9.17, 15) is 13.2 Å². The van der Waals surface area contributed by atoms with Crippen LogP contribution in [0.3, 0.4) is 0 Å². The third-order valence-corrected chi connectivity index (χ3v) is 3.78.